The molecule has 0 aliphatic rings. The lowest BCUT2D eigenvalue weighted by Gasteiger charge is -2.16. The standard InChI is InChI=1S/C24H20F5NO4S/c1-3-35(32,33)17-10-8-15(9-11-17)14(2)23(31)30-16-12-19(25)22(20(26)13-16)18-6-4-5-7-21(18)34-24(27,28)29/h4-14H,3H2,1-2H3,(H,30,31). The van der Waals surface area contributed by atoms with E-state index >= 15 is 0 Å². The molecule has 0 heterocycles. The fourth-order valence-corrected chi connectivity index (χ4v) is 4.21. The number of anilines is 1. The van der Waals surface area contributed by atoms with Gasteiger partial charge in [0, 0.05) is 11.3 Å². The molecule has 1 N–H and O–H groups in total. The Morgan fingerprint density at radius 3 is 2.11 bits per heavy atom. The maximum Gasteiger partial charge on any atom is 0.573 e. The Morgan fingerprint density at radius 2 is 1.57 bits per heavy atom. The molecule has 0 fully saturated rings. The van der Waals surface area contributed by atoms with Crippen molar-refractivity contribution < 1.29 is 39.9 Å². The lowest BCUT2D eigenvalue weighted by molar-refractivity contribution is -0.274. The van der Waals surface area contributed by atoms with Crippen LogP contribution in [0.4, 0.5) is 27.6 Å². The fraction of sp³-hybridized carbons (Fsp3) is 0.208. The van der Waals surface area contributed by atoms with E-state index in [1.165, 1.54) is 50.2 Å². The summed E-state index contributed by atoms with van der Waals surface area (Å²) in [6.45, 7) is 3.02. The molecule has 3 aromatic carbocycles. The number of halogens is 5. The highest BCUT2D eigenvalue weighted by Gasteiger charge is 2.33. The number of alkyl halides is 3. The SMILES string of the molecule is CCS(=O)(=O)c1ccc(C(C)C(=O)Nc2cc(F)c(-c3ccccc3OC(F)(F)F)c(F)c2)cc1. The van der Waals surface area contributed by atoms with Gasteiger partial charge in [-0.15, -0.1) is 13.2 Å². The second-order valence-corrected chi connectivity index (χ2v) is 9.82. The molecule has 5 nitrogen and oxygen atoms in total. The largest absolute Gasteiger partial charge is 0.573 e. The summed E-state index contributed by atoms with van der Waals surface area (Å²) < 4.78 is 95.3. The molecule has 1 unspecified atom stereocenters. The second kappa shape index (κ2) is 10.0. The van der Waals surface area contributed by atoms with Gasteiger partial charge in [-0.1, -0.05) is 37.3 Å². The van der Waals surface area contributed by atoms with Crippen LogP contribution in [0.25, 0.3) is 11.1 Å². The average molecular weight is 513 g/mol. The Kier molecular flexibility index (Phi) is 7.49. The molecule has 186 valence electrons. The molecule has 3 rings (SSSR count). The van der Waals surface area contributed by atoms with Crippen molar-refractivity contribution in [3.05, 3.63) is 77.9 Å². The molecule has 3 aromatic rings. The molecular weight excluding hydrogens is 493 g/mol. The van der Waals surface area contributed by atoms with E-state index in [-0.39, 0.29) is 16.3 Å². The van der Waals surface area contributed by atoms with E-state index in [2.05, 4.69) is 10.1 Å². The van der Waals surface area contributed by atoms with Crippen molar-refractivity contribution in [1.82, 2.24) is 0 Å². The number of ether oxygens (including phenoxy) is 1. The van der Waals surface area contributed by atoms with Gasteiger partial charge in [0.1, 0.15) is 17.4 Å². The van der Waals surface area contributed by atoms with E-state index in [9.17, 15) is 35.2 Å². The molecule has 0 aromatic heterocycles. The molecule has 0 aliphatic carbocycles. The molecule has 0 bridgehead atoms. The highest BCUT2D eigenvalue weighted by atomic mass is 32.2. The van der Waals surface area contributed by atoms with Crippen molar-refractivity contribution in [2.75, 3.05) is 11.1 Å². The van der Waals surface area contributed by atoms with E-state index in [4.69, 9.17) is 0 Å². The first-order valence-electron chi connectivity index (χ1n) is 10.3. The molecule has 0 saturated carbocycles. The molecule has 0 saturated heterocycles. The van der Waals surface area contributed by atoms with Gasteiger partial charge in [-0.3, -0.25) is 4.79 Å². The molecule has 11 heteroatoms. The molecule has 0 radical (unpaired) electrons. The lowest BCUT2D eigenvalue weighted by Crippen LogP contribution is -2.19. The van der Waals surface area contributed by atoms with E-state index in [0.717, 1.165) is 24.3 Å². The van der Waals surface area contributed by atoms with Crippen LogP contribution in [0.2, 0.25) is 0 Å². The van der Waals surface area contributed by atoms with Gasteiger partial charge in [0.25, 0.3) is 0 Å². The first-order chi connectivity index (χ1) is 16.3. The Hall–Kier alpha value is -3.47. The Morgan fingerprint density at radius 1 is 1.00 bits per heavy atom. The number of amides is 1. The number of benzene rings is 3. The van der Waals surface area contributed by atoms with Gasteiger partial charge >= 0.3 is 6.36 Å². The van der Waals surface area contributed by atoms with Gasteiger partial charge in [-0.2, -0.15) is 0 Å². The van der Waals surface area contributed by atoms with Crippen LogP contribution in [0.1, 0.15) is 25.3 Å². The second-order valence-electron chi connectivity index (χ2n) is 7.54. The van der Waals surface area contributed by atoms with Gasteiger partial charge in [-0.25, -0.2) is 17.2 Å². The van der Waals surface area contributed by atoms with Crippen LogP contribution in [0.5, 0.6) is 5.75 Å². The summed E-state index contributed by atoms with van der Waals surface area (Å²) in [5.41, 5.74) is -0.981. The van der Waals surface area contributed by atoms with Crippen LogP contribution in [0.3, 0.4) is 0 Å². The third-order valence-corrected chi connectivity index (χ3v) is 6.95. The summed E-state index contributed by atoms with van der Waals surface area (Å²) in [5.74, 6) is -4.72. The minimum Gasteiger partial charge on any atom is -0.405 e. The van der Waals surface area contributed by atoms with Gasteiger partial charge < -0.3 is 10.1 Å². The van der Waals surface area contributed by atoms with Crippen LogP contribution in [-0.2, 0) is 14.6 Å². The van der Waals surface area contributed by atoms with E-state index in [1.54, 1.807) is 0 Å². The normalized spacial score (nSPS) is 12.8. The van der Waals surface area contributed by atoms with Gasteiger partial charge in [-0.05, 0) is 42.8 Å². The number of rotatable bonds is 7. The highest BCUT2D eigenvalue weighted by Crippen LogP contribution is 2.37. The van der Waals surface area contributed by atoms with Crippen molar-refractivity contribution in [3.63, 3.8) is 0 Å². The number of hydrogen-bond acceptors (Lipinski definition) is 4. The Labute approximate surface area is 198 Å². The number of hydrogen-bond donors (Lipinski definition) is 1. The van der Waals surface area contributed by atoms with Gasteiger partial charge in [0.05, 0.1) is 22.1 Å². The van der Waals surface area contributed by atoms with Crippen molar-refractivity contribution in [2.24, 2.45) is 0 Å². The molecular formula is C24H20F5NO4S. The maximum atomic E-state index is 14.8. The van der Waals surface area contributed by atoms with E-state index in [0.29, 0.717) is 5.56 Å². The minimum absolute atomic E-state index is 0.0810. The monoisotopic (exact) mass is 513 g/mol. The summed E-state index contributed by atoms with van der Waals surface area (Å²) in [6, 6.07) is 11.8. The quantitative estimate of drug-likeness (QED) is 0.390. The van der Waals surface area contributed by atoms with E-state index < -0.39 is 56.5 Å². The third-order valence-electron chi connectivity index (χ3n) is 5.20. The van der Waals surface area contributed by atoms with Gasteiger partial charge in [0.2, 0.25) is 5.91 Å². The Bertz CT molecular complexity index is 1320. The zero-order valence-corrected chi connectivity index (χ0v) is 19.3. The minimum atomic E-state index is -5.06. The third kappa shape index (κ3) is 6.16. The summed E-state index contributed by atoms with van der Waals surface area (Å²) in [6.07, 6.45) is -5.06. The van der Waals surface area contributed by atoms with Crippen LogP contribution in [0, 0.1) is 11.6 Å². The zero-order chi connectivity index (χ0) is 26.0. The van der Waals surface area contributed by atoms with Crippen LogP contribution in [0.15, 0.2) is 65.6 Å². The van der Waals surface area contributed by atoms with Gasteiger partial charge in [0.15, 0.2) is 9.84 Å². The molecule has 1 amide bonds. The Balaban J connectivity index is 1.84. The molecule has 0 aliphatic heterocycles. The fourth-order valence-electron chi connectivity index (χ4n) is 3.32. The average Bonchev–Trinajstić information content (AvgIpc) is 2.78. The van der Waals surface area contributed by atoms with Crippen LogP contribution >= 0.6 is 0 Å². The van der Waals surface area contributed by atoms with E-state index in [1.807, 2.05) is 0 Å². The van der Waals surface area contributed by atoms with Crippen LogP contribution in [-0.4, -0.2) is 26.4 Å². The maximum absolute atomic E-state index is 14.8. The summed E-state index contributed by atoms with van der Waals surface area (Å²) >= 11 is 0. The predicted octanol–water partition coefficient (Wildman–Crippen LogP) is 6.07. The first kappa shape index (κ1) is 26.1. The number of carbonyl (C=O) groups is 1. The summed E-state index contributed by atoms with van der Waals surface area (Å²) in [7, 11) is -3.41. The smallest absolute Gasteiger partial charge is 0.405 e. The number of para-hydroxylation sites is 1. The molecule has 1 atom stereocenters. The summed E-state index contributed by atoms with van der Waals surface area (Å²) in [5, 5.41) is 2.36. The van der Waals surface area contributed by atoms with Crippen molar-refractivity contribution in [1.29, 1.82) is 0 Å². The van der Waals surface area contributed by atoms with Crippen LogP contribution < -0.4 is 10.1 Å². The van der Waals surface area contributed by atoms with Crippen molar-refractivity contribution >= 4 is 21.4 Å². The summed E-state index contributed by atoms with van der Waals surface area (Å²) in [4.78, 5) is 12.7. The number of carbonyl (C=O) groups excluding carboxylic acids is 1. The predicted molar refractivity (Wildman–Crippen MR) is 120 cm³/mol. The van der Waals surface area contributed by atoms with Crippen molar-refractivity contribution in [3.8, 4) is 16.9 Å². The highest BCUT2D eigenvalue weighted by molar-refractivity contribution is 7.91. The number of nitrogens with one attached hydrogen (secondary N) is 1. The number of sulfone groups is 1. The molecule has 0 spiro atoms. The lowest BCUT2D eigenvalue weighted by atomic mass is 10.00. The first-order valence-corrected chi connectivity index (χ1v) is 12.0. The molecule has 35 heavy (non-hydrogen) atoms. The van der Waals surface area contributed by atoms with Crippen molar-refractivity contribution in [2.45, 2.75) is 31.0 Å². The zero-order valence-electron chi connectivity index (χ0n) is 18.5. The topological polar surface area (TPSA) is 72.5 Å².